The second-order valence-corrected chi connectivity index (χ2v) is 4.77. The maximum atomic E-state index is 12.4. The number of rotatable bonds is 2. The van der Waals surface area contributed by atoms with Gasteiger partial charge in [-0.1, -0.05) is 6.07 Å². The van der Waals surface area contributed by atoms with Gasteiger partial charge >= 0.3 is 0 Å². The Balaban J connectivity index is 1.86. The number of nitrogens with one attached hydrogen (secondary N) is 1. The number of amides is 3. The third kappa shape index (κ3) is 2.69. The number of piperazine rings is 1. The first-order valence-electron chi connectivity index (χ1n) is 6.49. The van der Waals surface area contributed by atoms with Crippen LogP contribution in [0.15, 0.2) is 48.8 Å². The summed E-state index contributed by atoms with van der Waals surface area (Å²) in [4.78, 5) is 36.3. The van der Waals surface area contributed by atoms with Crippen molar-refractivity contribution in [3.8, 4) is 5.69 Å². The van der Waals surface area contributed by atoms with E-state index in [1.54, 1.807) is 18.2 Å². The van der Waals surface area contributed by atoms with Gasteiger partial charge in [0.25, 0.3) is 5.91 Å². The fraction of sp³-hybridized carbons (Fsp3) is 0.133. The van der Waals surface area contributed by atoms with Crippen molar-refractivity contribution < 1.29 is 14.4 Å². The molecule has 2 aromatic rings. The molecule has 0 unspecified atom stereocenters. The molecule has 1 aliphatic heterocycles. The number of hydrogen-bond acceptors (Lipinski definition) is 3. The van der Waals surface area contributed by atoms with Crippen LogP contribution in [0.1, 0.15) is 10.4 Å². The molecule has 0 spiro atoms. The van der Waals surface area contributed by atoms with E-state index >= 15 is 0 Å². The molecular weight excluding hydrogens is 270 g/mol. The molecule has 1 N–H and O–H groups in total. The highest BCUT2D eigenvalue weighted by Gasteiger charge is 2.27. The van der Waals surface area contributed by atoms with Gasteiger partial charge in [0.05, 0.1) is 0 Å². The average molecular weight is 283 g/mol. The van der Waals surface area contributed by atoms with Crippen LogP contribution in [0.25, 0.3) is 5.69 Å². The molecule has 106 valence electrons. The molecule has 21 heavy (non-hydrogen) atoms. The highest BCUT2D eigenvalue weighted by atomic mass is 16.2. The SMILES string of the molecule is O=C1CN(C(=O)c2cccc(-n3cccc3)c2)CC(=O)N1. The maximum Gasteiger partial charge on any atom is 0.254 e. The van der Waals surface area contributed by atoms with Gasteiger partial charge in [0, 0.05) is 23.6 Å². The van der Waals surface area contributed by atoms with Crippen LogP contribution in [0.5, 0.6) is 0 Å². The highest BCUT2D eigenvalue weighted by Crippen LogP contribution is 2.13. The van der Waals surface area contributed by atoms with E-state index in [9.17, 15) is 14.4 Å². The van der Waals surface area contributed by atoms with Crippen LogP contribution in [0, 0.1) is 0 Å². The monoisotopic (exact) mass is 283 g/mol. The molecule has 1 aromatic heterocycles. The Kier molecular flexibility index (Phi) is 3.27. The molecular formula is C15H13N3O3. The van der Waals surface area contributed by atoms with Crippen LogP contribution in [-0.2, 0) is 9.59 Å². The first-order valence-corrected chi connectivity index (χ1v) is 6.49. The standard InChI is InChI=1S/C15H13N3O3/c19-13-9-18(10-14(20)16-13)15(21)11-4-3-5-12(8-11)17-6-1-2-7-17/h1-8H,9-10H2,(H,16,19,20). The maximum absolute atomic E-state index is 12.4. The molecule has 0 atom stereocenters. The molecule has 1 fully saturated rings. The number of carbonyl (C=O) groups is 3. The van der Waals surface area contributed by atoms with Gasteiger partial charge in [-0.25, -0.2) is 0 Å². The lowest BCUT2D eigenvalue weighted by atomic mass is 10.1. The van der Waals surface area contributed by atoms with Crippen molar-refractivity contribution >= 4 is 17.7 Å². The van der Waals surface area contributed by atoms with E-state index in [-0.39, 0.29) is 19.0 Å². The molecule has 0 aliphatic carbocycles. The number of carbonyl (C=O) groups excluding carboxylic acids is 3. The Morgan fingerprint density at radius 3 is 2.33 bits per heavy atom. The molecule has 0 bridgehead atoms. The molecule has 0 saturated carbocycles. The zero-order valence-electron chi connectivity index (χ0n) is 11.2. The molecule has 1 saturated heterocycles. The summed E-state index contributed by atoms with van der Waals surface area (Å²) >= 11 is 0. The third-order valence-corrected chi connectivity index (χ3v) is 3.23. The number of hydrogen-bond donors (Lipinski definition) is 1. The summed E-state index contributed by atoms with van der Waals surface area (Å²) in [5, 5.41) is 2.17. The van der Waals surface area contributed by atoms with Gasteiger partial charge in [-0.2, -0.15) is 0 Å². The summed E-state index contributed by atoms with van der Waals surface area (Å²) in [6.07, 6.45) is 3.75. The van der Waals surface area contributed by atoms with Crippen LogP contribution < -0.4 is 5.32 Å². The summed E-state index contributed by atoms with van der Waals surface area (Å²) in [5.74, 6) is -1.24. The molecule has 3 amide bonds. The lowest BCUT2D eigenvalue weighted by Gasteiger charge is -2.25. The van der Waals surface area contributed by atoms with Gasteiger partial charge in [0.15, 0.2) is 0 Å². The molecule has 6 nitrogen and oxygen atoms in total. The van der Waals surface area contributed by atoms with Crippen LogP contribution in [0.2, 0.25) is 0 Å². The van der Waals surface area contributed by atoms with E-state index in [2.05, 4.69) is 5.32 Å². The number of aromatic nitrogens is 1. The van der Waals surface area contributed by atoms with Crippen LogP contribution in [0.4, 0.5) is 0 Å². The molecule has 1 aromatic carbocycles. The van der Waals surface area contributed by atoms with Crippen molar-refractivity contribution in [3.63, 3.8) is 0 Å². The van der Waals surface area contributed by atoms with E-state index in [0.29, 0.717) is 5.56 Å². The Morgan fingerprint density at radius 2 is 1.67 bits per heavy atom. The van der Waals surface area contributed by atoms with E-state index in [1.807, 2.05) is 35.2 Å². The third-order valence-electron chi connectivity index (χ3n) is 3.23. The predicted molar refractivity (Wildman–Crippen MR) is 74.8 cm³/mol. The first-order chi connectivity index (χ1) is 10.1. The van der Waals surface area contributed by atoms with Crippen molar-refractivity contribution in [3.05, 3.63) is 54.4 Å². The smallest absolute Gasteiger partial charge is 0.254 e. The summed E-state index contributed by atoms with van der Waals surface area (Å²) < 4.78 is 1.88. The summed E-state index contributed by atoms with van der Waals surface area (Å²) in [7, 11) is 0. The molecule has 2 heterocycles. The number of nitrogens with zero attached hydrogens (tertiary/aromatic N) is 2. The second kappa shape index (κ2) is 5.24. The number of imide groups is 1. The minimum atomic E-state index is -0.457. The van der Waals surface area contributed by atoms with Gasteiger partial charge in [0.1, 0.15) is 13.1 Å². The van der Waals surface area contributed by atoms with Gasteiger partial charge in [-0.3, -0.25) is 19.7 Å². The van der Waals surface area contributed by atoms with Crippen molar-refractivity contribution in [1.29, 1.82) is 0 Å². The Bertz CT molecular complexity index is 691. The Labute approximate surface area is 121 Å². The van der Waals surface area contributed by atoms with Crippen molar-refractivity contribution in [2.45, 2.75) is 0 Å². The van der Waals surface area contributed by atoms with Crippen molar-refractivity contribution in [1.82, 2.24) is 14.8 Å². The fourth-order valence-corrected chi connectivity index (χ4v) is 2.27. The lowest BCUT2D eigenvalue weighted by Crippen LogP contribution is -2.53. The topological polar surface area (TPSA) is 71.4 Å². The fourth-order valence-electron chi connectivity index (χ4n) is 2.27. The minimum Gasteiger partial charge on any atom is -0.324 e. The Hall–Kier alpha value is -2.89. The van der Waals surface area contributed by atoms with Gasteiger partial charge in [-0.05, 0) is 30.3 Å². The van der Waals surface area contributed by atoms with Crippen molar-refractivity contribution in [2.75, 3.05) is 13.1 Å². The second-order valence-electron chi connectivity index (χ2n) is 4.77. The summed E-state index contributed by atoms with van der Waals surface area (Å²) in [6, 6.07) is 10.8. The van der Waals surface area contributed by atoms with Gasteiger partial charge in [0.2, 0.25) is 11.8 Å². The van der Waals surface area contributed by atoms with Crippen LogP contribution in [0.3, 0.4) is 0 Å². The number of benzene rings is 1. The minimum absolute atomic E-state index is 0.0989. The zero-order chi connectivity index (χ0) is 14.8. The largest absolute Gasteiger partial charge is 0.324 e. The zero-order valence-corrected chi connectivity index (χ0v) is 11.2. The molecule has 6 heteroatoms. The van der Waals surface area contributed by atoms with Crippen molar-refractivity contribution in [2.24, 2.45) is 0 Å². The molecule has 3 rings (SSSR count). The summed E-state index contributed by atoms with van der Waals surface area (Å²) in [5.41, 5.74) is 1.29. The van der Waals surface area contributed by atoms with Crippen LogP contribution >= 0.6 is 0 Å². The Morgan fingerprint density at radius 1 is 1.00 bits per heavy atom. The van der Waals surface area contributed by atoms with E-state index in [1.165, 1.54) is 4.90 Å². The van der Waals surface area contributed by atoms with E-state index in [4.69, 9.17) is 0 Å². The lowest BCUT2D eigenvalue weighted by molar-refractivity contribution is -0.135. The van der Waals surface area contributed by atoms with Gasteiger partial charge < -0.3 is 9.47 Å². The highest BCUT2D eigenvalue weighted by molar-refractivity contribution is 6.05. The van der Waals surface area contributed by atoms with Gasteiger partial charge in [-0.15, -0.1) is 0 Å². The quantitative estimate of drug-likeness (QED) is 0.819. The van der Waals surface area contributed by atoms with E-state index in [0.717, 1.165) is 5.69 Å². The van der Waals surface area contributed by atoms with E-state index < -0.39 is 11.8 Å². The summed E-state index contributed by atoms with van der Waals surface area (Å²) in [6.45, 7) is -0.198. The van der Waals surface area contributed by atoms with Crippen LogP contribution in [-0.4, -0.2) is 40.3 Å². The normalized spacial score (nSPS) is 15.0. The molecule has 1 aliphatic rings. The first kappa shape index (κ1) is 13.1. The predicted octanol–water partition coefficient (Wildman–Crippen LogP) is 0.576. The molecule has 0 radical (unpaired) electrons. The average Bonchev–Trinajstić information content (AvgIpc) is 3.00.